The number of ether oxygens (including phenoxy) is 1. The SMILES string of the molecule is CCCCOc1cccc(C)c1N=CN(C)Sc1ccc(Cl)cc1. The van der Waals surface area contributed by atoms with Crippen molar-refractivity contribution in [1.29, 1.82) is 0 Å². The molecule has 2 rings (SSSR count). The van der Waals surface area contributed by atoms with E-state index in [9.17, 15) is 0 Å². The zero-order chi connectivity index (χ0) is 17.4. The van der Waals surface area contributed by atoms with Crippen molar-refractivity contribution in [3.05, 3.63) is 53.1 Å². The third-order valence-corrected chi connectivity index (χ3v) is 4.49. The van der Waals surface area contributed by atoms with Gasteiger partial charge in [-0.25, -0.2) is 4.99 Å². The number of hydrogen-bond acceptors (Lipinski definition) is 3. The predicted molar refractivity (Wildman–Crippen MR) is 105 cm³/mol. The van der Waals surface area contributed by atoms with E-state index >= 15 is 0 Å². The van der Waals surface area contributed by atoms with Crippen LogP contribution in [0.2, 0.25) is 5.02 Å². The van der Waals surface area contributed by atoms with Crippen LogP contribution in [0.3, 0.4) is 0 Å². The molecule has 2 aromatic rings. The summed E-state index contributed by atoms with van der Waals surface area (Å²) in [6.07, 6.45) is 3.97. The first-order valence-electron chi connectivity index (χ1n) is 8.03. The molecule has 0 aliphatic heterocycles. The zero-order valence-electron chi connectivity index (χ0n) is 14.3. The molecule has 5 heteroatoms. The number of halogens is 1. The molecule has 3 nitrogen and oxygen atoms in total. The number of para-hydroxylation sites is 1. The molecule has 0 saturated heterocycles. The quantitative estimate of drug-likeness (QED) is 0.244. The smallest absolute Gasteiger partial charge is 0.145 e. The van der Waals surface area contributed by atoms with Crippen molar-refractivity contribution >= 4 is 35.6 Å². The molecule has 24 heavy (non-hydrogen) atoms. The van der Waals surface area contributed by atoms with Crippen LogP contribution in [-0.2, 0) is 0 Å². The Morgan fingerprint density at radius 1 is 1.21 bits per heavy atom. The van der Waals surface area contributed by atoms with Gasteiger partial charge in [-0.2, -0.15) is 0 Å². The van der Waals surface area contributed by atoms with Gasteiger partial charge in [0.2, 0.25) is 0 Å². The van der Waals surface area contributed by atoms with Gasteiger partial charge in [0.1, 0.15) is 17.8 Å². The summed E-state index contributed by atoms with van der Waals surface area (Å²) in [4.78, 5) is 5.74. The Bertz CT molecular complexity index is 674. The number of nitrogens with zero attached hydrogens (tertiary/aromatic N) is 2. The van der Waals surface area contributed by atoms with Crippen molar-refractivity contribution in [2.45, 2.75) is 31.6 Å². The topological polar surface area (TPSA) is 24.8 Å². The molecule has 0 aromatic heterocycles. The second kappa shape index (κ2) is 9.60. The monoisotopic (exact) mass is 362 g/mol. The molecule has 0 heterocycles. The average Bonchev–Trinajstić information content (AvgIpc) is 2.56. The van der Waals surface area contributed by atoms with Crippen LogP contribution >= 0.6 is 23.5 Å². The molecule has 128 valence electrons. The van der Waals surface area contributed by atoms with Crippen LogP contribution in [0.4, 0.5) is 5.69 Å². The minimum atomic E-state index is 0.720. The number of benzene rings is 2. The standard InChI is InChI=1S/C19H23ClN2OS/c1-4-5-13-23-18-8-6-7-15(2)19(18)21-14-22(3)24-17-11-9-16(20)10-12-17/h6-12,14H,4-5,13H2,1-3H3. The van der Waals surface area contributed by atoms with E-state index in [-0.39, 0.29) is 0 Å². The molecule has 0 spiro atoms. The molecule has 0 aliphatic carbocycles. The maximum atomic E-state index is 5.91. The molecule has 0 aliphatic rings. The molecule has 0 N–H and O–H groups in total. The van der Waals surface area contributed by atoms with Crippen molar-refractivity contribution in [3.63, 3.8) is 0 Å². The van der Waals surface area contributed by atoms with Gasteiger partial charge in [0.25, 0.3) is 0 Å². The average molecular weight is 363 g/mol. The fraction of sp³-hybridized carbons (Fsp3) is 0.316. The summed E-state index contributed by atoms with van der Waals surface area (Å²) >= 11 is 7.50. The summed E-state index contributed by atoms with van der Waals surface area (Å²) in [5.41, 5.74) is 1.99. The Hall–Kier alpha value is -1.65. The molecule has 0 amide bonds. The second-order valence-electron chi connectivity index (χ2n) is 5.46. The Morgan fingerprint density at radius 3 is 2.67 bits per heavy atom. The summed E-state index contributed by atoms with van der Waals surface area (Å²) in [7, 11) is 1.97. The molecule has 0 bridgehead atoms. The lowest BCUT2D eigenvalue weighted by atomic mass is 10.2. The Balaban J connectivity index is 2.05. The van der Waals surface area contributed by atoms with Gasteiger partial charge in [0.15, 0.2) is 0 Å². The number of unbranched alkanes of at least 4 members (excludes halogenated alkanes) is 1. The van der Waals surface area contributed by atoms with E-state index in [0.717, 1.165) is 46.4 Å². The zero-order valence-corrected chi connectivity index (χ0v) is 15.9. The van der Waals surface area contributed by atoms with Gasteiger partial charge in [-0.05, 0) is 61.2 Å². The third kappa shape index (κ3) is 5.77. The number of rotatable bonds is 8. The highest BCUT2D eigenvalue weighted by molar-refractivity contribution is 7.97. The van der Waals surface area contributed by atoms with Crippen LogP contribution in [-0.4, -0.2) is 24.3 Å². The van der Waals surface area contributed by atoms with E-state index in [1.165, 1.54) is 0 Å². The molecule has 0 saturated carbocycles. The molecular formula is C19H23ClN2OS. The van der Waals surface area contributed by atoms with Crippen LogP contribution < -0.4 is 4.74 Å². The van der Waals surface area contributed by atoms with Gasteiger partial charge in [-0.15, -0.1) is 0 Å². The van der Waals surface area contributed by atoms with Crippen LogP contribution in [0.1, 0.15) is 25.3 Å². The van der Waals surface area contributed by atoms with Gasteiger partial charge in [-0.1, -0.05) is 37.1 Å². The summed E-state index contributed by atoms with van der Waals surface area (Å²) in [6, 6.07) is 13.8. The first kappa shape index (κ1) is 18.7. The van der Waals surface area contributed by atoms with Gasteiger partial charge in [0.05, 0.1) is 6.61 Å². The lowest BCUT2D eigenvalue weighted by Gasteiger charge is -2.13. The van der Waals surface area contributed by atoms with E-state index in [1.807, 2.05) is 67.1 Å². The summed E-state index contributed by atoms with van der Waals surface area (Å²) in [5, 5.41) is 0.740. The number of hydrogen-bond donors (Lipinski definition) is 0. The third-order valence-electron chi connectivity index (χ3n) is 3.37. The van der Waals surface area contributed by atoms with E-state index in [2.05, 4.69) is 11.9 Å². The first-order valence-corrected chi connectivity index (χ1v) is 9.18. The van der Waals surface area contributed by atoms with E-state index in [4.69, 9.17) is 16.3 Å². The predicted octanol–water partition coefficient (Wildman–Crippen LogP) is 6.13. The highest BCUT2D eigenvalue weighted by Crippen LogP contribution is 2.31. The molecule has 2 aromatic carbocycles. The molecule has 0 atom stereocenters. The van der Waals surface area contributed by atoms with Crippen LogP contribution in [0.25, 0.3) is 0 Å². The molecule has 0 fully saturated rings. The minimum absolute atomic E-state index is 0.720. The van der Waals surface area contributed by atoms with Crippen LogP contribution in [0.5, 0.6) is 5.75 Å². The summed E-state index contributed by atoms with van der Waals surface area (Å²) in [6.45, 7) is 4.92. The first-order chi connectivity index (χ1) is 11.6. The van der Waals surface area contributed by atoms with Crippen molar-refractivity contribution in [1.82, 2.24) is 4.31 Å². The fourth-order valence-corrected chi connectivity index (χ4v) is 2.88. The van der Waals surface area contributed by atoms with E-state index < -0.39 is 0 Å². The molecular weight excluding hydrogens is 340 g/mol. The summed E-state index contributed by atoms with van der Waals surface area (Å²) < 4.78 is 7.83. The van der Waals surface area contributed by atoms with Crippen LogP contribution in [0.15, 0.2) is 52.4 Å². The van der Waals surface area contributed by atoms with Gasteiger partial charge in [0, 0.05) is 17.0 Å². The van der Waals surface area contributed by atoms with E-state index in [0.29, 0.717) is 0 Å². The van der Waals surface area contributed by atoms with Gasteiger partial charge >= 0.3 is 0 Å². The largest absolute Gasteiger partial charge is 0.491 e. The maximum Gasteiger partial charge on any atom is 0.145 e. The van der Waals surface area contributed by atoms with Crippen molar-refractivity contribution in [3.8, 4) is 5.75 Å². The van der Waals surface area contributed by atoms with Crippen molar-refractivity contribution in [2.24, 2.45) is 4.99 Å². The second-order valence-corrected chi connectivity index (χ2v) is 7.13. The normalized spacial score (nSPS) is 11.0. The Labute approximate surface area is 153 Å². The highest BCUT2D eigenvalue weighted by Gasteiger charge is 2.06. The minimum Gasteiger partial charge on any atom is -0.491 e. The van der Waals surface area contributed by atoms with Crippen LogP contribution in [0, 0.1) is 6.92 Å². The highest BCUT2D eigenvalue weighted by atomic mass is 35.5. The fourth-order valence-electron chi connectivity index (χ4n) is 2.06. The maximum absolute atomic E-state index is 5.91. The molecule has 0 radical (unpaired) electrons. The van der Waals surface area contributed by atoms with Gasteiger partial charge in [-0.3, -0.25) is 0 Å². The Morgan fingerprint density at radius 2 is 1.96 bits per heavy atom. The van der Waals surface area contributed by atoms with Crippen molar-refractivity contribution < 1.29 is 4.74 Å². The number of aryl methyl sites for hydroxylation is 1. The van der Waals surface area contributed by atoms with E-state index in [1.54, 1.807) is 11.9 Å². The molecule has 0 unspecified atom stereocenters. The van der Waals surface area contributed by atoms with Gasteiger partial charge < -0.3 is 9.04 Å². The summed E-state index contributed by atoms with van der Waals surface area (Å²) in [5.74, 6) is 0.838. The lowest BCUT2D eigenvalue weighted by molar-refractivity contribution is 0.310. The Kier molecular flexibility index (Phi) is 7.47. The van der Waals surface area contributed by atoms with Crippen molar-refractivity contribution in [2.75, 3.05) is 13.7 Å². The lowest BCUT2D eigenvalue weighted by Crippen LogP contribution is -2.05. The number of aliphatic imine (C=N–C) groups is 1.